The van der Waals surface area contributed by atoms with Crippen molar-refractivity contribution < 1.29 is 9.84 Å². The van der Waals surface area contributed by atoms with Crippen molar-refractivity contribution in [1.82, 2.24) is 5.32 Å². The predicted octanol–water partition coefficient (Wildman–Crippen LogP) is 0.772. The van der Waals surface area contributed by atoms with Crippen molar-refractivity contribution in [2.75, 3.05) is 19.8 Å². The summed E-state index contributed by atoms with van der Waals surface area (Å²) in [7, 11) is 0. The summed E-state index contributed by atoms with van der Waals surface area (Å²) in [6.07, 6.45) is 0.575. The molecule has 0 bridgehead atoms. The molecular weight excluding hydrogens is 154 g/mol. The fourth-order valence-corrected chi connectivity index (χ4v) is 1.12. The molecule has 0 aliphatic carbocycles. The number of nitrogens with one attached hydrogen (secondary N) is 1. The van der Waals surface area contributed by atoms with Crippen LogP contribution in [-0.4, -0.2) is 37.0 Å². The monoisotopic (exact) mass is 175 g/mol. The molecule has 0 aliphatic heterocycles. The molecule has 0 saturated carbocycles. The van der Waals surface area contributed by atoms with Crippen molar-refractivity contribution >= 4 is 0 Å². The van der Waals surface area contributed by atoms with Gasteiger partial charge in [-0.25, -0.2) is 0 Å². The molecule has 0 fully saturated rings. The summed E-state index contributed by atoms with van der Waals surface area (Å²) in [4.78, 5) is 0. The van der Waals surface area contributed by atoms with Gasteiger partial charge < -0.3 is 15.2 Å². The van der Waals surface area contributed by atoms with E-state index in [1.807, 2.05) is 6.92 Å². The summed E-state index contributed by atoms with van der Waals surface area (Å²) in [5.41, 5.74) is 0. The van der Waals surface area contributed by atoms with Crippen molar-refractivity contribution in [3.63, 3.8) is 0 Å². The lowest BCUT2D eigenvalue weighted by Crippen LogP contribution is -2.31. The first kappa shape index (κ1) is 11.9. The first-order valence-electron chi connectivity index (χ1n) is 4.66. The molecule has 0 amide bonds. The van der Waals surface area contributed by atoms with E-state index in [1.165, 1.54) is 0 Å². The first-order valence-corrected chi connectivity index (χ1v) is 4.66. The second-order valence-corrected chi connectivity index (χ2v) is 3.14. The molecule has 12 heavy (non-hydrogen) atoms. The molecule has 0 radical (unpaired) electrons. The molecule has 2 atom stereocenters. The maximum atomic E-state index is 9.05. The summed E-state index contributed by atoms with van der Waals surface area (Å²) in [5, 5.41) is 12.3. The molecule has 0 spiro atoms. The zero-order chi connectivity index (χ0) is 9.40. The lowest BCUT2D eigenvalue weighted by molar-refractivity contribution is 0.139. The molecule has 3 nitrogen and oxygen atoms in total. The third-order valence-electron chi connectivity index (χ3n) is 1.64. The number of aliphatic hydroxyl groups excluding tert-OH is 1. The number of ether oxygens (including phenoxy) is 1. The largest absolute Gasteiger partial charge is 0.393 e. The second kappa shape index (κ2) is 7.53. The summed E-state index contributed by atoms with van der Waals surface area (Å²) < 4.78 is 5.16. The van der Waals surface area contributed by atoms with Crippen LogP contribution in [0.25, 0.3) is 0 Å². The van der Waals surface area contributed by atoms with Crippen molar-refractivity contribution in [3.8, 4) is 0 Å². The summed E-state index contributed by atoms with van der Waals surface area (Å²) >= 11 is 0. The number of aliphatic hydroxyl groups is 1. The highest BCUT2D eigenvalue weighted by Gasteiger charge is 2.03. The third-order valence-corrected chi connectivity index (χ3v) is 1.64. The smallest absolute Gasteiger partial charge is 0.0590 e. The van der Waals surface area contributed by atoms with Crippen molar-refractivity contribution in [2.45, 2.75) is 39.3 Å². The highest BCUT2D eigenvalue weighted by molar-refractivity contribution is 4.63. The molecule has 2 N–H and O–H groups in total. The minimum absolute atomic E-state index is 0.223. The Morgan fingerprint density at radius 3 is 2.58 bits per heavy atom. The molecule has 0 heterocycles. The lowest BCUT2D eigenvalue weighted by Gasteiger charge is -2.14. The second-order valence-electron chi connectivity index (χ2n) is 3.14. The molecule has 0 aromatic rings. The van der Waals surface area contributed by atoms with E-state index < -0.39 is 0 Å². The van der Waals surface area contributed by atoms with Gasteiger partial charge in [0.2, 0.25) is 0 Å². The van der Waals surface area contributed by atoms with Gasteiger partial charge in [0.1, 0.15) is 0 Å². The fourth-order valence-electron chi connectivity index (χ4n) is 1.12. The molecule has 0 aromatic carbocycles. The molecule has 0 aromatic heterocycles. The van der Waals surface area contributed by atoms with Crippen LogP contribution in [0.5, 0.6) is 0 Å². The van der Waals surface area contributed by atoms with E-state index in [1.54, 1.807) is 6.92 Å². The highest BCUT2D eigenvalue weighted by atomic mass is 16.5. The van der Waals surface area contributed by atoms with Crippen LogP contribution in [0.15, 0.2) is 0 Å². The topological polar surface area (TPSA) is 41.5 Å². The van der Waals surface area contributed by atoms with Crippen LogP contribution >= 0.6 is 0 Å². The van der Waals surface area contributed by atoms with Crippen LogP contribution in [0.2, 0.25) is 0 Å². The Morgan fingerprint density at radius 2 is 2.08 bits per heavy atom. The Balaban J connectivity index is 3.14. The molecule has 0 saturated heterocycles. The van der Waals surface area contributed by atoms with Gasteiger partial charge in [-0.2, -0.15) is 0 Å². The van der Waals surface area contributed by atoms with Crippen LogP contribution in [0.1, 0.15) is 27.2 Å². The lowest BCUT2D eigenvalue weighted by atomic mass is 10.1. The van der Waals surface area contributed by atoms with Crippen LogP contribution < -0.4 is 5.32 Å². The fraction of sp³-hybridized carbons (Fsp3) is 1.00. The van der Waals surface area contributed by atoms with E-state index in [4.69, 9.17) is 9.84 Å². The minimum Gasteiger partial charge on any atom is -0.393 e. The van der Waals surface area contributed by atoms with Gasteiger partial charge in [0.15, 0.2) is 0 Å². The van der Waals surface area contributed by atoms with Crippen LogP contribution in [0, 0.1) is 0 Å². The van der Waals surface area contributed by atoms with E-state index in [2.05, 4.69) is 12.2 Å². The zero-order valence-corrected chi connectivity index (χ0v) is 8.34. The van der Waals surface area contributed by atoms with E-state index in [-0.39, 0.29) is 6.10 Å². The van der Waals surface area contributed by atoms with Gasteiger partial charge in [0.05, 0.1) is 12.7 Å². The maximum Gasteiger partial charge on any atom is 0.0590 e. The van der Waals surface area contributed by atoms with Gasteiger partial charge in [0, 0.05) is 19.2 Å². The van der Waals surface area contributed by atoms with E-state index in [9.17, 15) is 0 Å². The van der Waals surface area contributed by atoms with E-state index >= 15 is 0 Å². The number of hydrogen-bond donors (Lipinski definition) is 2. The Kier molecular flexibility index (Phi) is 7.45. The number of rotatable bonds is 7. The van der Waals surface area contributed by atoms with Crippen molar-refractivity contribution in [3.05, 3.63) is 0 Å². The quantitative estimate of drug-likeness (QED) is 0.562. The van der Waals surface area contributed by atoms with E-state index in [0.717, 1.165) is 26.2 Å². The Hall–Kier alpha value is -0.120. The summed E-state index contributed by atoms with van der Waals surface area (Å²) in [6.45, 7) is 8.24. The molecular formula is C9H21NO2. The van der Waals surface area contributed by atoms with Crippen LogP contribution in [0.3, 0.4) is 0 Å². The van der Waals surface area contributed by atoms with Gasteiger partial charge in [-0.1, -0.05) is 0 Å². The summed E-state index contributed by atoms with van der Waals surface area (Å²) in [5.74, 6) is 0. The van der Waals surface area contributed by atoms with E-state index in [0.29, 0.717) is 6.04 Å². The van der Waals surface area contributed by atoms with Crippen molar-refractivity contribution in [2.24, 2.45) is 0 Å². The van der Waals surface area contributed by atoms with Gasteiger partial charge in [0.25, 0.3) is 0 Å². The Labute approximate surface area is 75.1 Å². The summed E-state index contributed by atoms with van der Waals surface area (Å²) in [6, 6.07) is 0.366. The van der Waals surface area contributed by atoms with Gasteiger partial charge in [-0.3, -0.25) is 0 Å². The predicted molar refractivity (Wildman–Crippen MR) is 50.3 cm³/mol. The Morgan fingerprint density at radius 1 is 1.42 bits per heavy atom. The minimum atomic E-state index is -0.223. The molecule has 0 aliphatic rings. The van der Waals surface area contributed by atoms with Crippen LogP contribution in [-0.2, 0) is 4.74 Å². The highest BCUT2D eigenvalue weighted by Crippen LogP contribution is 1.95. The normalized spacial score (nSPS) is 16.0. The maximum absolute atomic E-state index is 9.05. The van der Waals surface area contributed by atoms with Gasteiger partial charge in [-0.05, 0) is 27.2 Å². The molecule has 3 heteroatoms. The molecule has 74 valence electrons. The molecule has 0 rings (SSSR count). The average molecular weight is 175 g/mol. The Bertz CT molecular complexity index is 96.5. The van der Waals surface area contributed by atoms with Gasteiger partial charge >= 0.3 is 0 Å². The van der Waals surface area contributed by atoms with Gasteiger partial charge in [-0.15, -0.1) is 0 Å². The molecule has 2 unspecified atom stereocenters. The average Bonchev–Trinajstić information content (AvgIpc) is 1.97. The SMILES string of the molecule is CCOCCNC(C)CC(C)O. The van der Waals surface area contributed by atoms with Crippen molar-refractivity contribution in [1.29, 1.82) is 0 Å². The third kappa shape index (κ3) is 7.98. The standard InChI is InChI=1S/C9H21NO2/c1-4-12-6-5-10-8(2)7-9(3)11/h8-11H,4-7H2,1-3H3. The number of hydrogen-bond acceptors (Lipinski definition) is 3. The van der Waals surface area contributed by atoms with Crippen LogP contribution in [0.4, 0.5) is 0 Å². The zero-order valence-electron chi connectivity index (χ0n) is 8.34. The first-order chi connectivity index (χ1) is 5.66.